The average Bonchev–Trinajstić information content (AvgIpc) is 2.92. The Morgan fingerprint density at radius 3 is 2.32 bits per heavy atom. The largest absolute Gasteiger partial charge is 0.481 e. The SMILES string of the molecule is Cc1cc(C)n(CC(=O)N2CCC(C(=O)O)(c3ccccc3)CC2)n1. The van der Waals surface area contributed by atoms with Crippen LogP contribution in [0, 0.1) is 13.8 Å². The molecule has 1 aliphatic heterocycles. The number of carboxylic acid groups (broad SMARTS) is 1. The molecule has 0 saturated carbocycles. The Morgan fingerprint density at radius 1 is 1.16 bits per heavy atom. The first-order valence-corrected chi connectivity index (χ1v) is 8.50. The maximum absolute atomic E-state index is 12.6. The number of likely N-dealkylation sites (tertiary alicyclic amines) is 1. The van der Waals surface area contributed by atoms with Gasteiger partial charge in [0.1, 0.15) is 6.54 Å². The van der Waals surface area contributed by atoms with Gasteiger partial charge in [0.2, 0.25) is 5.91 Å². The lowest BCUT2D eigenvalue weighted by molar-refractivity contribution is -0.148. The van der Waals surface area contributed by atoms with Gasteiger partial charge in [-0.3, -0.25) is 14.3 Å². The van der Waals surface area contributed by atoms with Gasteiger partial charge in [0.25, 0.3) is 0 Å². The third-order valence-corrected chi connectivity index (χ3v) is 5.09. The van der Waals surface area contributed by atoms with E-state index in [-0.39, 0.29) is 12.5 Å². The topological polar surface area (TPSA) is 75.4 Å². The maximum Gasteiger partial charge on any atom is 0.314 e. The summed E-state index contributed by atoms with van der Waals surface area (Å²) in [7, 11) is 0. The minimum absolute atomic E-state index is 0.0155. The predicted octanol–water partition coefficient (Wildman–Crippen LogP) is 2.14. The highest BCUT2D eigenvalue weighted by Crippen LogP contribution is 2.36. The van der Waals surface area contributed by atoms with Crippen molar-refractivity contribution < 1.29 is 14.7 Å². The Bertz CT molecular complexity index is 774. The number of carboxylic acids is 1. The maximum atomic E-state index is 12.6. The van der Waals surface area contributed by atoms with Gasteiger partial charge < -0.3 is 10.0 Å². The van der Waals surface area contributed by atoms with Crippen LogP contribution in [0.1, 0.15) is 29.8 Å². The second-order valence-electron chi connectivity index (χ2n) is 6.72. The van der Waals surface area contributed by atoms with Gasteiger partial charge in [0.15, 0.2) is 0 Å². The van der Waals surface area contributed by atoms with Crippen molar-refractivity contribution in [3.63, 3.8) is 0 Å². The third kappa shape index (κ3) is 3.29. The summed E-state index contributed by atoms with van der Waals surface area (Å²) in [6.07, 6.45) is 0.852. The van der Waals surface area contributed by atoms with E-state index >= 15 is 0 Å². The molecule has 6 heteroatoms. The number of carbonyl (C=O) groups excluding carboxylic acids is 1. The van der Waals surface area contributed by atoms with Gasteiger partial charge in [0.05, 0.1) is 11.1 Å². The molecule has 0 spiro atoms. The van der Waals surface area contributed by atoms with Gasteiger partial charge in [-0.2, -0.15) is 5.10 Å². The number of aromatic nitrogens is 2. The molecule has 0 unspecified atom stereocenters. The first kappa shape index (κ1) is 17.2. The molecular weight excluding hydrogens is 318 g/mol. The number of hydrogen-bond donors (Lipinski definition) is 1. The molecular formula is C19H23N3O3. The Kier molecular flexibility index (Phi) is 4.61. The van der Waals surface area contributed by atoms with Crippen LogP contribution in [0.5, 0.6) is 0 Å². The fourth-order valence-electron chi connectivity index (χ4n) is 3.58. The Hall–Kier alpha value is -2.63. The summed E-state index contributed by atoms with van der Waals surface area (Å²) in [4.78, 5) is 26.3. The Morgan fingerprint density at radius 2 is 1.80 bits per heavy atom. The van der Waals surface area contributed by atoms with Crippen molar-refractivity contribution in [3.05, 3.63) is 53.3 Å². The van der Waals surface area contributed by atoms with Crippen LogP contribution in [-0.4, -0.2) is 44.8 Å². The quantitative estimate of drug-likeness (QED) is 0.924. The summed E-state index contributed by atoms with van der Waals surface area (Å²) in [5, 5.41) is 14.1. The van der Waals surface area contributed by atoms with Crippen LogP contribution < -0.4 is 0 Å². The van der Waals surface area contributed by atoms with Gasteiger partial charge in [-0.15, -0.1) is 0 Å². The molecule has 1 N–H and O–H groups in total. The first-order chi connectivity index (χ1) is 11.9. The number of hydrogen-bond acceptors (Lipinski definition) is 3. The lowest BCUT2D eigenvalue weighted by Gasteiger charge is -2.39. The molecule has 1 saturated heterocycles. The van der Waals surface area contributed by atoms with E-state index < -0.39 is 11.4 Å². The van der Waals surface area contributed by atoms with Crippen molar-refractivity contribution in [2.45, 2.75) is 38.6 Å². The monoisotopic (exact) mass is 341 g/mol. The molecule has 1 fully saturated rings. The summed E-state index contributed by atoms with van der Waals surface area (Å²) < 4.78 is 1.70. The number of carbonyl (C=O) groups is 2. The predicted molar refractivity (Wildman–Crippen MR) is 93.3 cm³/mol. The summed E-state index contributed by atoms with van der Waals surface area (Å²) in [5.41, 5.74) is 1.74. The fraction of sp³-hybridized carbons (Fsp3) is 0.421. The van der Waals surface area contributed by atoms with Gasteiger partial charge in [-0.1, -0.05) is 30.3 Å². The molecule has 25 heavy (non-hydrogen) atoms. The van der Waals surface area contributed by atoms with Crippen molar-refractivity contribution in [1.29, 1.82) is 0 Å². The van der Waals surface area contributed by atoms with Gasteiger partial charge >= 0.3 is 5.97 Å². The molecule has 1 aromatic heterocycles. The van der Waals surface area contributed by atoms with E-state index in [1.807, 2.05) is 50.2 Å². The van der Waals surface area contributed by atoms with Crippen molar-refractivity contribution in [3.8, 4) is 0 Å². The summed E-state index contributed by atoms with van der Waals surface area (Å²) in [5.74, 6) is -0.831. The zero-order chi connectivity index (χ0) is 18.0. The van der Waals surface area contributed by atoms with E-state index in [4.69, 9.17) is 0 Å². The molecule has 3 rings (SSSR count). The zero-order valence-corrected chi connectivity index (χ0v) is 14.6. The summed E-state index contributed by atoms with van der Waals surface area (Å²) in [6, 6.07) is 11.3. The minimum Gasteiger partial charge on any atom is -0.481 e. The number of nitrogens with zero attached hydrogens (tertiary/aromatic N) is 3. The number of piperidine rings is 1. The van der Waals surface area contributed by atoms with Crippen molar-refractivity contribution >= 4 is 11.9 Å². The summed E-state index contributed by atoms with van der Waals surface area (Å²) >= 11 is 0. The van der Waals surface area contributed by atoms with Crippen molar-refractivity contribution in [2.75, 3.05) is 13.1 Å². The number of rotatable bonds is 4. The standard InChI is InChI=1S/C19H23N3O3/c1-14-12-15(2)22(20-14)13-17(23)21-10-8-19(9-11-21,18(24)25)16-6-4-3-5-7-16/h3-7,12H,8-11,13H2,1-2H3,(H,24,25). The van der Waals surface area contributed by atoms with Crippen LogP contribution in [0.3, 0.4) is 0 Å². The van der Waals surface area contributed by atoms with Crippen LogP contribution in [0.25, 0.3) is 0 Å². The molecule has 1 aromatic carbocycles. The normalized spacial score (nSPS) is 16.6. The molecule has 2 aromatic rings. The lowest BCUT2D eigenvalue weighted by atomic mass is 9.73. The van der Waals surface area contributed by atoms with E-state index in [0.29, 0.717) is 25.9 Å². The number of aliphatic carboxylic acids is 1. The van der Waals surface area contributed by atoms with E-state index in [9.17, 15) is 14.7 Å². The first-order valence-electron chi connectivity index (χ1n) is 8.50. The van der Waals surface area contributed by atoms with E-state index in [0.717, 1.165) is 17.0 Å². The van der Waals surface area contributed by atoms with Crippen molar-refractivity contribution in [1.82, 2.24) is 14.7 Å². The van der Waals surface area contributed by atoms with Crippen LogP contribution in [0.4, 0.5) is 0 Å². The van der Waals surface area contributed by atoms with Gasteiger partial charge in [0, 0.05) is 18.8 Å². The minimum atomic E-state index is -0.907. The van der Waals surface area contributed by atoms with Crippen LogP contribution in [0.15, 0.2) is 36.4 Å². The molecule has 1 amide bonds. The van der Waals surface area contributed by atoms with Crippen LogP contribution >= 0.6 is 0 Å². The fourth-order valence-corrected chi connectivity index (χ4v) is 3.58. The second kappa shape index (κ2) is 6.70. The molecule has 0 aliphatic carbocycles. The van der Waals surface area contributed by atoms with Crippen LogP contribution in [0.2, 0.25) is 0 Å². The lowest BCUT2D eigenvalue weighted by Crippen LogP contribution is -2.49. The molecule has 132 valence electrons. The van der Waals surface area contributed by atoms with Gasteiger partial charge in [-0.05, 0) is 38.3 Å². The number of aryl methyl sites for hydroxylation is 2. The number of benzene rings is 1. The number of amides is 1. The highest BCUT2D eigenvalue weighted by atomic mass is 16.4. The third-order valence-electron chi connectivity index (χ3n) is 5.09. The molecule has 6 nitrogen and oxygen atoms in total. The molecule has 0 atom stereocenters. The second-order valence-corrected chi connectivity index (χ2v) is 6.72. The summed E-state index contributed by atoms with van der Waals surface area (Å²) in [6.45, 7) is 4.91. The molecule has 1 aliphatic rings. The van der Waals surface area contributed by atoms with Crippen molar-refractivity contribution in [2.24, 2.45) is 0 Å². The zero-order valence-electron chi connectivity index (χ0n) is 14.6. The Balaban J connectivity index is 1.71. The van der Waals surface area contributed by atoms with E-state index in [2.05, 4.69) is 5.10 Å². The van der Waals surface area contributed by atoms with Crippen LogP contribution in [-0.2, 0) is 21.5 Å². The molecule has 0 bridgehead atoms. The smallest absolute Gasteiger partial charge is 0.314 e. The molecule has 2 heterocycles. The highest BCUT2D eigenvalue weighted by molar-refractivity contribution is 5.82. The van der Waals surface area contributed by atoms with E-state index in [1.165, 1.54) is 0 Å². The highest BCUT2D eigenvalue weighted by Gasteiger charge is 2.43. The molecule has 0 radical (unpaired) electrons. The van der Waals surface area contributed by atoms with Gasteiger partial charge in [-0.25, -0.2) is 0 Å². The Labute approximate surface area is 147 Å². The average molecular weight is 341 g/mol. The van der Waals surface area contributed by atoms with E-state index in [1.54, 1.807) is 9.58 Å².